The Balaban J connectivity index is 1.50. The number of nitrogens with one attached hydrogen (secondary N) is 1. The fourth-order valence-corrected chi connectivity index (χ4v) is 3.87. The molecule has 1 N–H and O–H groups in total. The van der Waals surface area contributed by atoms with E-state index in [1.807, 2.05) is 24.3 Å². The number of hydrogen-bond donors (Lipinski definition) is 1. The molecule has 7 heteroatoms. The molecule has 4 nitrogen and oxygen atoms in total. The first-order valence-corrected chi connectivity index (χ1v) is 9.39. The standard InChI is InChI=1S/C21H21F3N2O2/c22-21(23,24)15-8-7-14-4-3-10-26(18(14)12-15)20(27)13-25-17-9-11-28-19-6-2-1-5-16(17)19/h1-2,5-8,12,17,25H,3-4,9-11,13H2/t17-/m0/s1. The lowest BCUT2D eigenvalue weighted by Crippen LogP contribution is -2.42. The van der Waals surface area contributed by atoms with E-state index in [2.05, 4.69) is 5.32 Å². The maximum absolute atomic E-state index is 13.1. The lowest BCUT2D eigenvalue weighted by Gasteiger charge is -2.32. The van der Waals surface area contributed by atoms with Gasteiger partial charge in [0, 0.05) is 30.3 Å². The molecule has 148 valence electrons. The Morgan fingerprint density at radius 2 is 2.04 bits per heavy atom. The number of halogens is 3. The van der Waals surface area contributed by atoms with Crippen molar-refractivity contribution in [1.82, 2.24) is 5.32 Å². The van der Waals surface area contributed by atoms with Gasteiger partial charge in [0.15, 0.2) is 0 Å². The van der Waals surface area contributed by atoms with Gasteiger partial charge < -0.3 is 15.0 Å². The molecule has 0 spiro atoms. The third kappa shape index (κ3) is 3.71. The van der Waals surface area contributed by atoms with Gasteiger partial charge in [-0.2, -0.15) is 13.2 Å². The van der Waals surface area contributed by atoms with Crippen LogP contribution >= 0.6 is 0 Å². The van der Waals surface area contributed by atoms with E-state index in [0.29, 0.717) is 25.3 Å². The Hall–Kier alpha value is -2.54. The van der Waals surface area contributed by atoms with Gasteiger partial charge in [-0.25, -0.2) is 0 Å². The summed E-state index contributed by atoms with van der Waals surface area (Å²) in [6.45, 7) is 1.05. The summed E-state index contributed by atoms with van der Waals surface area (Å²) >= 11 is 0. The van der Waals surface area contributed by atoms with E-state index in [4.69, 9.17) is 4.74 Å². The van der Waals surface area contributed by atoms with E-state index in [9.17, 15) is 18.0 Å². The van der Waals surface area contributed by atoms with E-state index in [-0.39, 0.29) is 18.5 Å². The molecule has 0 radical (unpaired) electrons. The molecule has 0 fully saturated rings. The number of hydrogen-bond acceptors (Lipinski definition) is 3. The molecule has 2 aromatic carbocycles. The van der Waals surface area contributed by atoms with Crippen molar-refractivity contribution in [3.63, 3.8) is 0 Å². The lowest BCUT2D eigenvalue weighted by atomic mass is 9.98. The topological polar surface area (TPSA) is 41.6 Å². The second kappa shape index (κ2) is 7.47. The van der Waals surface area contributed by atoms with Gasteiger partial charge in [0.2, 0.25) is 5.91 Å². The fraction of sp³-hybridized carbons (Fsp3) is 0.381. The zero-order valence-electron chi connectivity index (χ0n) is 15.3. The molecule has 2 heterocycles. The van der Waals surface area contributed by atoms with Crippen LogP contribution in [-0.2, 0) is 17.4 Å². The maximum atomic E-state index is 13.1. The highest BCUT2D eigenvalue weighted by molar-refractivity contribution is 5.96. The molecule has 0 aliphatic carbocycles. The van der Waals surface area contributed by atoms with Crippen molar-refractivity contribution in [2.45, 2.75) is 31.5 Å². The molecule has 2 aliphatic heterocycles. The highest BCUT2D eigenvalue weighted by Gasteiger charge is 2.33. The number of rotatable bonds is 3. The highest BCUT2D eigenvalue weighted by Crippen LogP contribution is 2.36. The Morgan fingerprint density at radius 3 is 2.86 bits per heavy atom. The normalized spacial score (nSPS) is 18.8. The summed E-state index contributed by atoms with van der Waals surface area (Å²) in [5, 5.41) is 3.26. The van der Waals surface area contributed by atoms with E-state index >= 15 is 0 Å². The van der Waals surface area contributed by atoms with Crippen LogP contribution < -0.4 is 15.0 Å². The van der Waals surface area contributed by atoms with Crippen molar-refractivity contribution in [1.29, 1.82) is 0 Å². The molecular formula is C21H21F3N2O2. The minimum atomic E-state index is -4.43. The van der Waals surface area contributed by atoms with Gasteiger partial charge in [0.25, 0.3) is 0 Å². The van der Waals surface area contributed by atoms with Gasteiger partial charge in [-0.05, 0) is 36.6 Å². The van der Waals surface area contributed by atoms with Gasteiger partial charge in [-0.3, -0.25) is 4.79 Å². The van der Waals surface area contributed by atoms with E-state index < -0.39 is 11.7 Å². The van der Waals surface area contributed by atoms with Gasteiger partial charge in [-0.15, -0.1) is 0 Å². The number of aryl methyl sites for hydroxylation is 1. The molecular weight excluding hydrogens is 369 g/mol. The molecule has 0 bridgehead atoms. The number of alkyl halides is 3. The molecule has 2 aliphatic rings. The second-order valence-electron chi connectivity index (χ2n) is 7.10. The molecule has 1 amide bonds. The lowest BCUT2D eigenvalue weighted by molar-refractivity contribution is -0.137. The molecule has 0 aromatic heterocycles. The number of benzene rings is 2. The molecule has 4 rings (SSSR count). The van der Waals surface area contributed by atoms with Crippen molar-refractivity contribution in [3.8, 4) is 5.75 Å². The van der Waals surface area contributed by atoms with Crippen molar-refractivity contribution < 1.29 is 22.7 Å². The van der Waals surface area contributed by atoms with Gasteiger partial charge in [0.05, 0.1) is 18.7 Å². The zero-order chi connectivity index (χ0) is 19.7. The van der Waals surface area contributed by atoms with Gasteiger partial charge >= 0.3 is 6.18 Å². The number of fused-ring (bicyclic) bond motifs is 2. The predicted molar refractivity (Wildman–Crippen MR) is 99.4 cm³/mol. The first kappa shape index (κ1) is 18.8. The minimum absolute atomic E-state index is 0.0142. The van der Waals surface area contributed by atoms with Gasteiger partial charge in [-0.1, -0.05) is 24.3 Å². The minimum Gasteiger partial charge on any atom is -0.493 e. The van der Waals surface area contributed by atoms with Crippen LogP contribution in [0.25, 0.3) is 0 Å². The zero-order valence-corrected chi connectivity index (χ0v) is 15.3. The summed E-state index contributed by atoms with van der Waals surface area (Å²) in [5.74, 6) is 0.584. The third-order valence-electron chi connectivity index (χ3n) is 5.29. The first-order valence-electron chi connectivity index (χ1n) is 9.39. The quantitative estimate of drug-likeness (QED) is 0.858. The maximum Gasteiger partial charge on any atom is 0.416 e. The van der Waals surface area contributed by atoms with Crippen LogP contribution in [0.1, 0.15) is 35.6 Å². The summed E-state index contributed by atoms with van der Waals surface area (Å²) in [5.41, 5.74) is 1.43. The molecule has 0 unspecified atom stereocenters. The Kier molecular flexibility index (Phi) is 5.02. The largest absolute Gasteiger partial charge is 0.493 e. The van der Waals surface area contributed by atoms with Crippen LogP contribution in [0, 0.1) is 0 Å². The number of amides is 1. The summed E-state index contributed by atoms with van der Waals surface area (Å²) < 4.78 is 44.9. The van der Waals surface area contributed by atoms with Crippen LogP contribution in [-0.4, -0.2) is 25.6 Å². The van der Waals surface area contributed by atoms with Crippen LogP contribution in [0.4, 0.5) is 18.9 Å². The van der Waals surface area contributed by atoms with Crippen LogP contribution in [0.3, 0.4) is 0 Å². The number of nitrogens with zero attached hydrogens (tertiary/aromatic N) is 1. The summed E-state index contributed by atoms with van der Waals surface area (Å²) in [6, 6.07) is 11.3. The number of anilines is 1. The highest BCUT2D eigenvalue weighted by atomic mass is 19.4. The summed E-state index contributed by atoms with van der Waals surface area (Å²) in [4.78, 5) is 14.3. The molecule has 28 heavy (non-hydrogen) atoms. The number of carbonyl (C=O) groups is 1. The molecule has 0 saturated carbocycles. The van der Waals surface area contributed by atoms with Crippen molar-refractivity contribution in [3.05, 3.63) is 59.2 Å². The average molecular weight is 390 g/mol. The Morgan fingerprint density at radius 1 is 1.21 bits per heavy atom. The monoisotopic (exact) mass is 390 g/mol. The predicted octanol–water partition coefficient (Wildman–Crippen LogP) is 4.10. The average Bonchev–Trinajstić information content (AvgIpc) is 2.70. The molecule has 0 saturated heterocycles. The molecule has 1 atom stereocenters. The van der Waals surface area contributed by atoms with Gasteiger partial charge in [0.1, 0.15) is 5.75 Å². The SMILES string of the molecule is O=C(CN[C@H]1CCOc2ccccc21)N1CCCc2ccc(C(F)(F)F)cc21. The third-order valence-corrected chi connectivity index (χ3v) is 5.29. The number of ether oxygens (including phenoxy) is 1. The van der Waals surface area contributed by atoms with Crippen molar-refractivity contribution >= 4 is 11.6 Å². The summed E-state index contributed by atoms with van der Waals surface area (Å²) in [6.07, 6.45) is -2.27. The number of para-hydroxylation sites is 1. The Bertz CT molecular complexity index is 882. The van der Waals surface area contributed by atoms with Crippen molar-refractivity contribution in [2.24, 2.45) is 0 Å². The summed E-state index contributed by atoms with van der Waals surface area (Å²) in [7, 11) is 0. The van der Waals surface area contributed by atoms with E-state index in [0.717, 1.165) is 41.9 Å². The number of carbonyl (C=O) groups excluding carboxylic acids is 1. The van der Waals surface area contributed by atoms with E-state index in [1.54, 1.807) is 0 Å². The van der Waals surface area contributed by atoms with E-state index in [1.165, 1.54) is 11.0 Å². The van der Waals surface area contributed by atoms with Crippen LogP contribution in [0.15, 0.2) is 42.5 Å². The smallest absolute Gasteiger partial charge is 0.416 e. The molecule has 2 aromatic rings. The Labute approximate surface area is 161 Å². The first-order chi connectivity index (χ1) is 13.4. The second-order valence-corrected chi connectivity index (χ2v) is 7.10. The fourth-order valence-electron chi connectivity index (χ4n) is 3.87. The van der Waals surface area contributed by atoms with Crippen LogP contribution in [0.5, 0.6) is 5.75 Å². The van der Waals surface area contributed by atoms with Crippen molar-refractivity contribution in [2.75, 3.05) is 24.6 Å². The van der Waals surface area contributed by atoms with Crippen LogP contribution in [0.2, 0.25) is 0 Å².